The van der Waals surface area contributed by atoms with E-state index >= 15 is 0 Å². The first-order chi connectivity index (χ1) is 4.13. The van der Waals surface area contributed by atoms with Crippen LogP contribution in [0, 0.1) is 0 Å². The number of rotatable bonds is 0. The highest BCUT2D eigenvalue weighted by atomic mass is 19.2. The van der Waals surface area contributed by atoms with E-state index in [9.17, 15) is 18.4 Å². The lowest BCUT2D eigenvalue weighted by Crippen LogP contribution is -2.19. The summed E-state index contributed by atoms with van der Waals surface area (Å²) in [7, 11) is 0. The Hall–Kier alpha value is -1.00. The SMILES string of the molecule is O=C1OC(=O)C(F)C1F. The van der Waals surface area contributed by atoms with Crippen molar-refractivity contribution in [2.24, 2.45) is 0 Å². The van der Waals surface area contributed by atoms with Crippen LogP contribution in [-0.2, 0) is 14.3 Å². The number of hydrogen-bond acceptors (Lipinski definition) is 3. The second kappa shape index (κ2) is 1.75. The molecule has 2 unspecified atom stereocenters. The quantitative estimate of drug-likeness (QED) is 0.340. The van der Waals surface area contributed by atoms with Crippen LogP contribution in [0.3, 0.4) is 0 Å². The van der Waals surface area contributed by atoms with Crippen LogP contribution in [0.4, 0.5) is 8.78 Å². The van der Waals surface area contributed by atoms with Crippen LogP contribution < -0.4 is 0 Å². The van der Waals surface area contributed by atoms with Crippen LogP contribution in [0.1, 0.15) is 0 Å². The molecular weight excluding hydrogens is 134 g/mol. The zero-order chi connectivity index (χ0) is 7.02. The summed E-state index contributed by atoms with van der Waals surface area (Å²) < 4.78 is 27.3. The van der Waals surface area contributed by atoms with Crippen molar-refractivity contribution in [3.63, 3.8) is 0 Å². The molecule has 1 saturated heterocycles. The molecule has 0 aromatic carbocycles. The Morgan fingerprint density at radius 2 is 1.44 bits per heavy atom. The Morgan fingerprint density at radius 3 is 1.56 bits per heavy atom. The molecule has 0 N–H and O–H groups in total. The first kappa shape index (κ1) is 6.12. The third-order valence-electron chi connectivity index (χ3n) is 0.908. The molecule has 0 bridgehead atoms. The first-order valence-electron chi connectivity index (χ1n) is 2.16. The Labute approximate surface area is 48.6 Å². The van der Waals surface area contributed by atoms with Gasteiger partial charge in [-0.3, -0.25) is 0 Å². The van der Waals surface area contributed by atoms with E-state index in [1.165, 1.54) is 0 Å². The summed E-state index contributed by atoms with van der Waals surface area (Å²) in [4.78, 5) is 19.9. The molecule has 1 fully saturated rings. The fourth-order valence-corrected chi connectivity index (χ4v) is 0.451. The molecule has 5 heteroatoms. The van der Waals surface area contributed by atoms with Gasteiger partial charge in [-0.15, -0.1) is 0 Å². The van der Waals surface area contributed by atoms with Crippen molar-refractivity contribution in [3.8, 4) is 0 Å². The Balaban J connectivity index is 2.77. The third-order valence-corrected chi connectivity index (χ3v) is 0.908. The van der Waals surface area contributed by atoms with Gasteiger partial charge in [0.25, 0.3) is 0 Å². The van der Waals surface area contributed by atoms with Gasteiger partial charge in [-0.1, -0.05) is 0 Å². The highest BCUT2D eigenvalue weighted by Gasteiger charge is 2.45. The maximum Gasteiger partial charge on any atom is 0.352 e. The maximum absolute atomic E-state index is 11.9. The number of ether oxygens (including phenoxy) is 1. The zero-order valence-electron chi connectivity index (χ0n) is 4.14. The molecule has 9 heavy (non-hydrogen) atoms. The van der Waals surface area contributed by atoms with E-state index in [1.54, 1.807) is 0 Å². The number of cyclic esters (lactones) is 2. The van der Waals surface area contributed by atoms with Gasteiger partial charge in [0.15, 0.2) is 0 Å². The molecule has 2 atom stereocenters. The van der Waals surface area contributed by atoms with E-state index in [0.29, 0.717) is 0 Å². The maximum atomic E-state index is 11.9. The summed E-state index contributed by atoms with van der Waals surface area (Å²) in [6.07, 6.45) is -4.84. The summed E-state index contributed by atoms with van der Waals surface area (Å²) in [5.41, 5.74) is 0. The van der Waals surface area contributed by atoms with Crippen molar-refractivity contribution in [2.45, 2.75) is 12.3 Å². The lowest BCUT2D eigenvalue weighted by molar-refractivity contribution is -0.154. The number of hydrogen-bond donors (Lipinski definition) is 0. The summed E-state index contributed by atoms with van der Waals surface area (Å²) >= 11 is 0. The van der Waals surface area contributed by atoms with E-state index in [1.807, 2.05) is 0 Å². The van der Waals surface area contributed by atoms with E-state index in [0.717, 1.165) is 0 Å². The summed E-state index contributed by atoms with van der Waals surface area (Å²) in [6, 6.07) is 0. The summed E-state index contributed by atoms with van der Waals surface area (Å²) in [5.74, 6) is -2.87. The van der Waals surface area contributed by atoms with Gasteiger partial charge in [0.2, 0.25) is 12.3 Å². The highest BCUT2D eigenvalue weighted by molar-refractivity contribution is 5.99. The lowest BCUT2D eigenvalue weighted by Gasteiger charge is -1.88. The molecule has 50 valence electrons. The van der Waals surface area contributed by atoms with Gasteiger partial charge in [-0.2, -0.15) is 0 Å². The minimum atomic E-state index is -2.42. The smallest absolute Gasteiger partial charge is 0.352 e. The normalized spacial score (nSPS) is 34.9. The van der Waals surface area contributed by atoms with Gasteiger partial charge in [0, 0.05) is 0 Å². The minimum Gasteiger partial charge on any atom is -0.389 e. The van der Waals surface area contributed by atoms with Crippen molar-refractivity contribution in [3.05, 3.63) is 0 Å². The Kier molecular flexibility index (Phi) is 1.19. The van der Waals surface area contributed by atoms with Crippen LogP contribution in [0.5, 0.6) is 0 Å². The third kappa shape index (κ3) is 0.778. The second-order valence-corrected chi connectivity index (χ2v) is 1.54. The van der Waals surface area contributed by atoms with Crippen LogP contribution in [0.2, 0.25) is 0 Å². The van der Waals surface area contributed by atoms with Crippen molar-refractivity contribution in [2.75, 3.05) is 0 Å². The molecule has 0 aliphatic carbocycles. The second-order valence-electron chi connectivity index (χ2n) is 1.54. The molecule has 0 aromatic rings. The number of halogens is 2. The van der Waals surface area contributed by atoms with Crippen LogP contribution >= 0.6 is 0 Å². The molecule has 1 aliphatic rings. The molecule has 1 rings (SSSR count). The van der Waals surface area contributed by atoms with E-state index in [4.69, 9.17) is 0 Å². The highest BCUT2D eigenvalue weighted by Crippen LogP contribution is 2.15. The predicted octanol–water partition coefficient (Wildman–Crippen LogP) is -0.254. The summed E-state index contributed by atoms with van der Waals surface area (Å²) in [6.45, 7) is 0. The Bertz CT molecular complexity index is 149. The number of carbonyl (C=O) groups excluding carboxylic acids is 2. The fraction of sp³-hybridized carbons (Fsp3) is 0.500. The van der Waals surface area contributed by atoms with E-state index < -0.39 is 24.3 Å². The molecule has 0 saturated carbocycles. The minimum absolute atomic E-state index is 1.44. The predicted molar refractivity (Wildman–Crippen MR) is 20.9 cm³/mol. The van der Waals surface area contributed by atoms with Crippen LogP contribution in [-0.4, -0.2) is 24.3 Å². The van der Waals surface area contributed by atoms with Crippen molar-refractivity contribution in [1.29, 1.82) is 0 Å². The Morgan fingerprint density at radius 1 is 1.11 bits per heavy atom. The molecule has 0 radical (unpaired) electrons. The average Bonchev–Trinajstić information content (AvgIpc) is 1.98. The van der Waals surface area contributed by atoms with Gasteiger partial charge < -0.3 is 4.74 Å². The number of carbonyl (C=O) groups is 2. The molecular formula is C4H2F2O3. The molecule has 3 nitrogen and oxygen atoms in total. The molecule has 1 aliphatic heterocycles. The first-order valence-corrected chi connectivity index (χ1v) is 2.16. The monoisotopic (exact) mass is 136 g/mol. The molecule has 0 spiro atoms. The zero-order valence-corrected chi connectivity index (χ0v) is 4.14. The topological polar surface area (TPSA) is 43.4 Å². The van der Waals surface area contributed by atoms with Crippen molar-refractivity contribution >= 4 is 11.9 Å². The van der Waals surface area contributed by atoms with E-state index in [2.05, 4.69) is 4.74 Å². The number of alkyl halides is 2. The van der Waals surface area contributed by atoms with Crippen molar-refractivity contribution in [1.82, 2.24) is 0 Å². The molecule has 1 heterocycles. The average molecular weight is 136 g/mol. The van der Waals surface area contributed by atoms with Crippen molar-refractivity contribution < 1.29 is 23.1 Å². The lowest BCUT2D eigenvalue weighted by atomic mass is 10.3. The van der Waals surface area contributed by atoms with E-state index in [-0.39, 0.29) is 0 Å². The fourth-order valence-electron chi connectivity index (χ4n) is 0.451. The van der Waals surface area contributed by atoms with Gasteiger partial charge >= 0.3 is 11.9 Å². The standard InChI is InChI=1S/C4H2F2O3/c5-1-2(6)4(8)9-3(1)7/h1-2H. The summed E-state index contributed by atoms with van der Waals surface area (Å²) in [5, 5.41) is 0. The van der Waals surface area contributed by atoms with Gasteiger partial charge in [0.05, 0.1) is 0 Å². The number of esters is 2. The van der Waals surface area contributed by atoms with Gasteiger partial charge in [0.1, 0.15) is 0 Å². The van der Waals surface area contributed by atoms with Crippen LogP contribution in [0.25, 0.3) is 0 Å². The van der Waals surface area contributed by atoms with Gasteiger partial charge in [-0.05, 0) is 0 Å². The largest absolute Gasteiger partial charge is 0.389 e. The molecule has 0 amide bonds. The van der Waals surface area contributed by atoms with Gasteiger partial charge in [-0.25, -0.2) is 18.4 Å². The van der Waals surface area contributed by atoms with Crippen LogP contribution in [0.15, 0.2) is 0 Å². The molecule has 0 aromatic heterocycles.